The van der Waals surface area contributed by atoms with Gasteiger partial charge in [-0.25, -0.2) is 4.79 Å². The van der Waals surface area contributed by atoms with Gasteiger partial charge in [-0.1, -0.05) is 84.9 Å². The molecule has 0 radical (unpaired) electrons. The number of unbranched alkanes of at least 4 members (excludes halogenated alkanes) is 1. The van der Waals surface area contributed by atoms with Crippen molar-refractivity contribution in [2.75, 3.05) is 11.9 Å². The van der Waals surface area contributed by atoms with Gasteiger partial charge in [-0.05, 0) is 43.9 Å². The van der Waals surface area contributed by atoms with E-state index in [1.807, 2.05) is 72.8 Å². The first-order valence-electron chi connectivity index (χ1n) is 12.7. The molecule has 0 aromatic heterocycles. The van der Waals surface area contributed by atoms with E-state index in [2.05, 4.69) is 34.3 Å². The summed E-state index contributed by atoms with van der Waals surface area (Å²) in [7, 11) is 0. The van der Waals surface area contributed by atoms with E-state index in [9.17, 15) is 14.7 Å². The van der Waals surface area contributed by atoms with Gasteiger partial charge in [0.2, 0.25) is 5.91 Å². The zero-order chi connectivity index (χ0) is 26.3. The van der Waals surface area contributed by atoms with Crippen molar-refractivity contribution >= 4 is 23.3 Å². The molecule has 0 heterocycles. The second-order valence-corrected chi connectivity index (χ2v) is 8.78. The molecule has 37 heavy (non-hydrogen) atoms. The molecule has 0 bridgehead atoms. The molecule has 0 aliphatic heterocycles. The second kappa shape index (κ2) is 15.2. The van der Waals surface area contributed by atoms with Crippen molar-refractivity contribution in [1.29, 1.82) is 0 Å². The number of aliphatic carboxylic acids is 1. The maximum atomic E-state index is 12.8. The van der Waals surface area contributed by atoms with Crippen LogP contribution in [0.25, 0.3) is 0 Å². The number of amides is 1. The van der Waals surface area contributed by atoms with Gasteiger partial charge in [-0.3, -0.25) is 9.79 Å². The number of carboxylic acid groups (broad SMARTS) is 1. The number of para-hydroxylation sites is 1. The lowest BCUT2D eigenvalue weighted by Crippen LogP contribution is -2.22. The van der Waals surface area contributed by atoms with E-state index in [-0.39, 0.29) is 5.91 Å². The zero-order valence-electron chi connectivity index (χ0n) is 21.1. The predicted octanol–water partition coefficient (Wildman–Crippen LogP) is 5.84. The van der Waals surface area contributed by atoms with Crippen LogP contribution in [0.4, 0.5) is 5.69 Å². The Morgan fingerprint density at radius 3 is 2.30 bits per heavy atom. The minimum atomic E-state index is -0.988. The summed E-state index contributed by atoms with van der Waals surface area (Å²) in [5, 5.41) is 16.2. The number of carbonyl (C=O) groups excluding carboxylic acids is 1. The highest BCUT2D eigenvalue weighted by Gasteiger charge is 2.20. The van der Waals surface area contributed by atoms with E-state index in [1.54, 1.807) is 6.08 Å². The van der Waals surface area contributed by atoms with Gasteiger partial charge in [0.05, 0.1) is 11.4 Å². The third-order valence-corrected chi connectivity index (χ3v) is 5.90. The number of benzene rings is 3. The second-order valence-electron chi connectivity index (χ2n) is 8.78. The first-order valence-corrected chi connectivity index (χ1v) is 12.7. The van der Waals surface area contributed by atoms with E-state index in [0.29, 0.717) is 36.2 Å². The first kappa shape index (κ1) is 27.6. The number of hydrogen-bond donors (Lipinski definition) is 3. The quantitative estimate of drug-likeness (QED) is 0.140. The summed E-state index contributed by atoms with van der Waals surface area (Å²) in [5.74, 6) is -1.07. The SMILES string of the molecule is C=CCC[C@H](N=C(c1ccccc1)c1ccccc1NC(=O)CCCCNCc1ccccc1)C(=O)O. The van der Waals surface area contributed by atoms with Gasteiger partial charge in [-0.15, -0.1) is 6.58 Å². The maximum Gasteiger partial charge on any atom is 0.328 e. The van der Waals surface area contributed by atoms with Gasteiger partial charge in [0.15, 0.2) is 0 Å². The van der Waals surface area contributed by atoms with Crippen molar-refractivity contribution in [3.63, 3.8) is 0 Å². The number of rotatable bonds is 15. The summed E-state index contributed by atoms with van der Waals surface area (Å²) in [6.07, 6.45) is 4.64. The standard InChI is InChI=1S/C31H35N3O3/c1-2-3-19-28(31(36)37)34-30(25-16-8-5-9-17-25)26-18-10-11-20-27(26)33-29(35)21-12-13-22-32-23-24-14-6-4-7-15-24/h2,4-11,14-18,20,28,32H,1,3,12-13,19,21-23H2,(H,33,35)(H,36,37)/t28-/m0/s1. The Labute approximate surface area is 219 Å². The van der Waals surface area contributed by atoms with Crippen LogP contribution < -0.4 is 10.6 Å². The number of nitrogens with zero attached hydrogens (tertiary/aromatic N) is 1. The van der Waals surface area contributed by atoms with Crippen molar-refractivity contribution in [2.24, 2.45) is 4.99 Å². The molecule has 1 amide bonds. The Balaban J connectivity index is 1.67. The van der Waals surface area contributed by atoms with Crippen LogP contribution in [0.1, 0.15) is 48.8 Å². The lowest BCUT2D eigenvalue weighted by atomic mass is 9.99. The van der Waals surface area contributed by atoms with E-state index >= 15 is 0 Å². The highest BCUT2D eigenvalue weighted by molar-refractivity contribution is 6.17. The topological polar surface area (TPSA) is 90.8 Å². The van der Waals surface area contributed by atoms with Crippen molar-refractivity contribution in [3.8, 4) is 0 Å². The maximum absolute atomic E-state index is 12.8. The summed E-state index contributed by atoms with van der Waals surface area (Å²) in [6.45, 7) is 5.35. The van der Waals surface area contributed by atoms with Gasteiger partial charge in [0.1, 0.15) is 6.04 Å². The molecule has 0 aliphatic carbocycles. The minimum absolute atomic E-state index is 0.0793. The normalized spacial score (nSPS) is 12.1. The smallest absolute Gasteiger partial charge is 0.328 e. The van der Waals surface area contributed by atoms with Crippen molar-refractivity contribution < 1.29 is 14.7 Å². The van der Waals surface area contributed by atoms with Crippen molar-refractivity contribution in [2.45, 2.75) is 44.7 Å². The van der Waals surface area contributed by atoms with E-state index in [4.69, 9.17) is 0 Å². The molecule has 3 rings (SSSR count). The van der Waals surface area contributed by atoms with Crippen LogP contribution in [-0.2, 0) is 16.1 Å². The Morgan fingerprint density at radius 2 is 1.59 bits per heavy atom. The molecule has 1 atom stereocenters. The van der Waals surface area contributed by atoms with Crippen LogP contribution in [0.5, 0.6) is 0 Å². The Morgan fingerprint density at radius 1 is 0.919 bits per heavy atom. The van der Waals surface area contributed by atoms with Crippen molar-refractivity contribution in [1.82, 2.24) is 5.32 Å². The molecule has 3 aromatic rings. The van der Waals surface area contributed by atoms with Gasteiger partial charge in [-0.2, -0.15) is 0 Å². The number of aliphatic imine (C=N–C) groups is 1. The highest BCUT2D eigenvalue weighted by atomic mass is 16.4. The number of allylic oxidation sites excluding steroid dienone is 1. The largest absolute Gasteiger partial charge is 0.480 e. The van der Waals surface area contributed by atoms with Gasteiger partial charge in [0, 0.05) is 24.1 Å². The third kappa shape index (κ3) is 9.17. The van der Waals surface area contributed by atoms with E-state index in [0.717, 1.165) is 31.5 Å². The molecule has 0 saturated carbocycles. The van der Waals surface area contributed by atoms with Crippen LogP contribution in [0.3, 0.4) is 0 Å². The lowest BCUT2D eigenvalue weighted by Gasteiger charge is -2.16. The molecule has 0 fully saturated rings. The fraction of sp³-hybridized carbons (Fsp3) is 0.258. The minimum Gasteiger partial charge on any atom is -0.480 e. The first-order chi connectivity index (χ1) is 18.1. The third-order valence-electron chi connectivity index (χ3n) is 5.90. The summed E-state index contributed by atoms with van der Waals surface area (Å²) in [4.78, 5) is 29.3. The molecule has 3 aromatic carbocycles. The van der Waals surface area contributed by atoms with Crippen molar-refractivity contribution in [3.05, 3.63) is 114 Å². The Bertz CT molecular complexity index is 1180. The van der Waals surface area contributed by atoms with Crippen LogP contribution >= 0.6 is 0 Å². The van der Waals surface area contributed by atoms with Gasteiger partial charge < -0.3 is 15.7 Å². The summed E-state index contributed by atoms with van der Waals surface area (Å²) < 4.78 is 0. The van der Waals surface area contributed by atoms with Crippen LogP contribution in [0.15, 0.2) is 103 Å². The summed E-state index contributed by atoms with van der Waals surface area (Å²) >= 11 is 0. The molecule has 0 saturated heterocycles. The fourth-order valence-electron chi connectivity index (χ4n) is 3.95. The molecule has 0 spiro atoms. The summed E-state index contributed by atoms with van der Waals surface area (Å²) in [6, 6.07) is 26.2. The molecule has 192 valence electrons. The van der Waals surface area contributed by atoms with Crippen LogP contribution in [0.2, 0.25) is 0 Å². The predicted molar refractivity (Wildman–Crippen MR) is 150 cm³/mol. The Kier molecular flexibility index (Phi) is 11.3. The number of carboxylic acids is 1. The lowest BCUT2D eigenvalue weighted by molar-refractivity contribution is -0.138. The molecule has 3 N–H and O–H groups in total. The number of nitrogens with one attached hydrogen (secondary N) is 2. The summed E-state index contributed by atoms with van der Waals surface area (Å²) in [5.41, 5.74) is 3.88. The van der Waals surface area contributed by atoms with Crippen LogP contribution in [-0.4, -0.2) is 35.3 Å². The number of hydrogen-bond acceptors (Lipinski definition) is 4. The molecule has 6 heteroatoms. The molecular formula is C31H35N3O3. The fourth-order valence-corrected chi connectivity index (χ4v) is 3.95. The average molecular weight is 498 g/mol. The van der Waals surface area contributed by atoms with E-state index in [1.165, 1.54) is 5.56 Å². The van der Waals surface area contributed by atoms with Gasteiger partial charge in [0.25, 0.3) is 0 Å². The van der Waals surface area contributed by atoms with E-state index < -0.39 is 12.0 Å². The molecule has 6 nitrogen and oxygen atoms in total. The zero-order valence-corrected chi connectivity index (χ0v) is 21.1. The monoisotopic (exact) mass is 497 g/mol. The molecule has 0 aliphatic rings. The number of anilines is 1. The molecular weight excluding hydrogens is 462 g/mol. The van der Waals surface area contributed by atoms with Gasteiger partial charge >= 0.3 is 5.97 Å². The molecule has 0 unspecified atom stereocenters. The highest BCUT2D eigenvalue weighted by Crippen LogP contribution is 2.22. The number of carbonyl (C=O) groups is 2. The average Bonchev–Trinajstić information content (AvgIpc) is 2.92. The Hall–Kier alpha value is -4.03. The van der Waals surface area contributed by atoms with Crippen LogP contribution in [0, 0.1) is 0 Å².